The molecule has 0 amide bonds. The molecule has 5 nitrogen and oxygen atoms in total. The van der Waals surface area contributed by atoms with Gasteiger partial charge in [-0.25, -0.2) is 0 Å². The second kappa shape index (κ2) is 4.53. The second-order valence-corrected chi connectivity index (χ2v) is 5.80. The van der Waals surface area contributed by atoms with Crippen LogP contribution in [-0.2, 0) is 7.05 Å². The van der Waals surface area contributed by atoms with Crippen molar-refractivity contribution in [2.24, 2.45) is 7.05 Å². The molecule has 2 bridgehead atoms. The van der Waals surface area contributed by atoms with Crippen molar-refractivity contribution in [3.8, 4) is 6.07 Å². The van der Waals surface area contributed by atoms with Gasteiger partial charge in [0.25, 0.3) is 0 Å². The van der Waals surface area contributed by atoms with Gasteiger partial charge in [0, 0.05) is 32.2 Å². The molecule has 0 N–H and O–H groups in total. The first-order valence-corrected chi connectivity index (χ1v) is 7.02. The average molecular weight is 259 g/mol. The first kappa shape index (κ1) is 12.5. The molecule has 102 valence electrons. The molecule has 1 aromatic rings. The highest BCUT2D eigenvalue weighted by Gasteiger charge is 2.36. The van der Waals surface area contributed by atoms with Crippen LogP contribution >= 0.6 is 0 Å². The van der Waals surface area contributed by atoms with Crippen LogP contribution in [0.15, 0.2) is 0 Å². The average Bonchev–Trinajstić information content (AvgIpc) is 2.77. The van der Waals surface area contributed by atoms with Crippen molar-refractivity contribution >= 4 is 5.82 Å². The Bertz CT molecular complexity index is 527. The highest BCUT2D eigenvalue weighted by molar-refractivity contribution is 5.57. The maximum atomic E-state index is 9.36. The van der Waals surface area contributed by atoms with E-state index in [1.807, 2.05) is 18.7 Å². The Labute approximate surface area is 114 Å². The molecule has 2 saturated heterocycles. The third-order valence-corrected chi connectivity index (χ3v) is 4.75. The summed E-state index contributed by atoms with van der Waals surface area (Å²) in [4.78, 5) is 4.88. The van der Waals surface area contributed by atoms with Crippen LogP contribution in [0.2, 0.25) is 0 Å². The van der Waals surface area contributed by atoms with Crippen LogP contribution in [0.25, 0.3) is 0 Å². The zero-order chi connectivity index (χ0) is 13.6. The molecule has 2 fully saturated rings. The molecular weight excluding hydrogens is 238 g/mol. The van der Waals surface area contributed by atoms with Crippen LogP contribution < -0.4 is 4.90 Å². The number of nitrogens with zero attached hydrogens (tertiary/aromatic N) is 5. The van der Waals surface area contributed by atoms with E-state index in [4.69, 9.17) is 0 Å². The van der Waals surface area contributed by atoms with Crippen LogP contribution in [0, 0.1) is 18.3 Å². The smallest absolute Gasteiger partial charge is 0.145 e. The molecule has 0 saturated carbocycles. The number of aromatic nitrogens is 2. The number of hydrogen-bond acceptors (Lipinski definition) is 4. The van der Waals surface area contributed by atoms with E-state index in [0.717, 1.165) is 36.2 Å². The van der Waals surface area contributed by atoms with Gasteiger partial charge < -0.3 is 4.90 Å². The lowest BCUT2D eigenvalue weighted by molar-refractivity contribution is 0.254. The van der Waals surface area contributed by atoms with Gasteiger partial charge in [0.15, 0.2) is 0 Å². The van der Waals surface area contributed by atoms with E-state index in [1.165, 1.54) is 19.3 Å². The fourth-order valence-corrected chi connectivity index (χ4v) is 3.64. The zero-order valence-electron chi connectivity index (χ0n) is 11.9. The molecule has 0 aromatic carbocycles. The van der Waals surface area contributed by atoms with Gasteiger partial charge in [-0.1, -0.05) is 0 Å². The van der Waals surface area contributed by atoms with Crippen molar-refractivity contribution in [3.05, 3.63) is 11.3 Å². The predicted octanol–water partition coefficient (Wildman–Crippen LogP) is 1.27. The Morgan fingerprint density at radius 3 is 2.68 bits per heavy atom. The standard InChI is InChI=1S/C14H21N5/c1-10-13(8-15)14(18(3)16-10)19-7-6-11-4-5-12(9-19)17(11)2/h11-12H,4-7,9H2,1-3H3. The highest BCUT2D eigenvalue weighted by Crippen LogP contribution is 2.32. The summed E-state index contributed by atoms with van der Waals surface area (Å²) in [6.07, 6.45) is 3.78. The van der Waals surface area contributed by atoms with Crippen LogP contribution in [0.4, 0.5) is 5.82 Å². The van der Waals surface area contributed by atoms with E-state index in [-0.39, 0.29) is 0 Å². The number of likely N-dealkylation sites (N-methyl/N-ethyl adjacent to an activating group) is 1. The Balaban J connectivity index is 1.93. The topological polar surface area (TPSA) is 48.1 Å². The van der Waals surface area contributed by atoms with Crippen molar-refractivity contribution in [2.75, 3.05) is 25.0 Å². The molecule has 2 atom stereocenters. The lowest BCUT2D eigenvalue weighted by atomic mass is 10.1. The molecule has 2 unspecified atom stereocenters. The second-order valence-electron chi connectivity index (χ2n) is 5.80. The summed E-state index contributed by atoms with van der Waals surface area (Å²) in [5, 5.41) is 13.8. The molecular formula is C14H21N5. The molecule has 2 aliphatic rings. The third-order valence-electron chi connectivity index (χ3n) is 4.75. The van der Waals surface area contributed by atoms with Crippen molar-refractivity contribution in [1.29, 1.82) is 5.26 Å². The first-order valence-electron chi connectivity index (χ1n) is 7.02. The number of anilines is 1. The van der Waals surface area contributed by atoms with E-state index in [0.29, 0.717) is 6.04 Å². The van der Waals surface area contributed by atoms with Gasteiger partial charge in [-0.15, -0.1) is 0 Å². The number of aryl methyl sites for hydroxylation is 2. The Hall–Kier alpha value is -1.54. The van der Waals surface area contributed by atoms with Gasteiger partial charge in [0.1, 0.15) is 17.5 Å². The van der Waals surface area contributed by atoms with E-state index in [9.17, 15) is 5.26 Å². The van der Waals surface area contributed by atoms with Gasteiger partial charge in [-0.05, 0) is 33.2 Å². The molecule has 19 heavy (non-hydrogen) atoms. The van der Waals surface area contributed by atoms with E-state index >= 15 is 0 Å². The van der Waals surface area contributed by atoms with Crippen LogP contribution in [0.5, 0.6) is 0 Å². The molecule has 3 rings (SSSR count). The molecule has 3 heterocycles. The molecule has 2 aliphatic heterocycles. The quantitative estimate of drug-likeness (QED) is 0.762. The highest BCUT2D eigenvalue weighted by atomic mass is 15.4. The Morgan fingerprint density at radius 2 is 1.95 bits per heavy atom. The van der Waals surface area contributed by atoms with Crippen molar-refractivity contribution in [1.82, 2.24) is 14.7 Å². The lowest BCUT2D eigenvalue weighted by Gasteiger charge is -2.27. The Kier molecular flexibility index (Phi) is 2.98. The summed E-state index contributed by atoms with van der Waals surface area (Å²) in [6.45, 7) is 3.96. The van der Waals surface area contributed by atoms with Crippen LogP contribution in [0.1, 0.15) is 30.5 Å². The summed E-state index contributed by atoms with van der Waals surface area (Å²) in [7, 11) is 4.18. The molecule has 0 spiro atoms. The third kappa shape index (κ3) is 1.91. The molecule has 0 aliphatic carbocycles. The maximum Gasteiger partial charge on any atom is 0.145 e. The number of fused-ring (bicyclic) bond motifs is 2. The summed E-state index contributed by atoms with van der Waals surface area (Å²) >= 11 is 0. The fourth-order valence-electron chi connectivity index (χ4n) is 3.64. The SMILES string of the molecule is Cc1nn(C)c(N2CCC3CCC(C2)N3C)c1C#N. The number of nitriles is 1. The van der Waals surface area contributed by atoms with Gasteiger partial charge in [-0.2, -0.15) is 10.4 Å². The molecule has 1 aromatic heterocycles. The monoisotopic (exact) mass is 259 g/mol. The summed E-state index contributed by atoms with van der Waals surface area (Å²) in [5.41, 5.74) is 1.57. The van der Waals surface area contributed by atoms with Crippen molar-refractivity contribution < 1.29 is 0 Å². The Morgan fingerprint density at radius 1 is 1.21 bits per heavy atom. The fraction of sp³-hybridized carbons (Fsp3) is 0.714. The number of rotatable bonds is 1. The first-order chi connectivity index (χ1) is 9.11. The summed E-state index contributed by atoms with van der Waals surface area (Å²) in [6, 6.07) is 3.66. The number of hydrogen-bond donors (Lipinski definition) is 0. The predicted molar refractivity (Wildman–Crippen MR) is 74.1 cm³/mol. The van der Waals surface area contributed by atoms with Crippen molar-refractivity contribution in [3.63, 3.8) is 0 Å². The summed E-state index contributed by atoms with van der Waals surface area (Å²) < 4.78 is 1.87. The summed E-state index contributed by atoms with van der Waals surface area (Å²) in [5.74, 6) is 1.00. The van der Waals surface area contributed by atoms with Crippen LogP contribution in [0.3, 0.4) is 0 Å². The largest absolute Gasteiger partial charge is 0.354 e. The van der Waals surface area contributed by atoms with Crippen LogP contribution in [-0.4, -0.2) is 46.9 Å². The van der Waals surface area contributed by atoms with E-state index in [1.54, 1.807) is 0 Å². The minimum atomic E-state index is 0.620. The maximum absolute atomic E-state index is 9.36. The van der Waals surface area contributed by atoms with Crippen molar-refractivity contribution in [2.45, 2.75) is 38.3 Å². The zero-order valence-corrected chi connectivity index (χ0v) is 11.9. The minimum absolute atomic E-state index is 0.620. The van der Waals surface area contributed by atoms with Gasteiger partial charge >= 0.3 is 0 Å². The molecule has 0 radical (unpaired) electrons. The normalized spacial score (nSPS) is 27.4. The van der Waals surface area contributed by atoms with E-state index < -0.39 is 0 Å². The van der Waals surface area contributed by atoms with E-state index in [2.05, 4.69) is 28.0 Å². The van der Waals surface area contributed by atoms with Gasteiger partial charge in [0.2, 0.25) is 0 Å². The lowest BCUT2D eigenvalue weighted by Crippen LogP contribution is -2.37. The van der Waals surface area contributed by atoms with Gasteiger partial charge in [0.05, 0.1) is 5.69 Å². The molecule has 5 heteroatoms. The van der Waals surface area contributed by atoms with Gasteiger partial charge in [-0.3, -0.25) is 9.58 Å². The minimum Gasteiger partial charge on any atom is -0.354 e.